The third-order valence-corrected chi connectivity index (χ3v) is 7.95. The Bertz CT molecular complexity index is 669. The minimum absolute atomic E-state index is 0.293. The van der Waals surface area contributed by atoms with Crippen molar-refractivity contribution in [1.82, 2.24) is 4.90 Å². The van der Waals surface area contributed by atoms with Crippen LogP contribution in [-0.4, -0.2) is 35.1 Å². The first-order chi connectivity index (χ1) is 12.1. The average molecular weight is 360 g/mol. The van der Waals surface area contributed by atoms with Crippen molar-refractivity contribution in [2.45, 2.75) is 44.6 Å². The third kappa shape index (κ3) is 2.39. The fourth-order valence-electron chi connectivity index (χ4n) is 6.61. The minimum Gasteiger partial charge on any atom is -0.389 e. The lowest BCUT2D eigenvalue weighted by Gasteiger charge is -2.62. The van der Waals surface area contributed by atoms with Gasteiger partial charge < -0.3 is 10.0 Å². The maximum atomic E-state index is 13.7. The van der Waals surface area contributed by atoms with E-state index in [0.29, 0.717) is 30.8 Å². The van der Waals surface area contributed by atoms with Crippen molar-refractivity contribution in [2.24, 2.45) is 29.1 Å². The van der Waals surface area contributed by atoms with Crippen LogP contribution in [0.15, 0.2) is 24.3 Å². The fraction of sp³-hybridized carbons (Fsp3) is 0.667. The highest BCUT2D eigenvalue weighted by molar-refractivity contribution is 6.31. The van der Waals surface area contributed by atoms with Crippen molar-refractivity contribution < 1.29 is 9.90 Å². The molecule has 5 aliphatic rings. The van der Waals surface area contributed by atoms with Gasteiger partial charge in [0.2, 0.25) is 5.91 Å². The van der Waals surface area contributed by atoms with Crippen LogP contribution in [0, 0.1) is 29.1 Å². The van der Waals surface area contributed by atoms with Crippen molar-refractivity contribution in [1.29, 1.82) is 0 Å². The molecule has 1 aromatic rings. The van der Waals surface area contributed by atoms with Gasteiger partial charge in [0.05, 0.1) is 11.5 Å². The van der Waals surface area contributed by atoms with Gasteiger partial charge in [-0.1, -0.05) is 29.8 Å². The molecule has 4 heteroatoms. The number of likely N-dealkylation sites (tertiary alicyclic amines) is 1. The van der Waals surface area contributed by atoms with Gasteiger partial charge in [0.15, 0.2) is 0 Å². The number of nitrogens with zero attached hydrogens (tertiary/aromatic N) is 1. The summed E-state index contributed by atoms with van der Waals surface area (Å²) < 4.78 is 0. The van der Waals surface area contributed by atoms with Gasteiger partial charge in [-0.05, 0) is 73.8 Å². The zero-order chi connectivity index (χ0) is 17.2. The lowest BCUT2D eigenvalue weighted by atomic mass is 9.43. The molecule has 6 rings (SSSR count). The molecular weight excluding hydrogens is 334 g/mol. The van der Waals surface area contributed by atoms with Gasteiger partial charge in [0.25, 0.3) is 0 Å². The summed E-state index contributed by atoms with van der Waals surface area (Å²) in [5, 5.41) is 10.5. The van der Waals surface area contributed by atoms with Gasteiger partial charge >= 0.3 is 0 Å². The van der Waals surface area contributed by atoms with Crippen LogP contribution in [-0.2, 0) is 11.2 Å². The Morgan fingerprint density at radius 2 is 1.68 bits per heavy atom. The van der Waals surface area contributed by atoms with Gasteiger partial charge in [-0.15, -0.1) is 0 Å². The van der Waals surface area contributed by atoms with E-state index in [0.717, 1.165) is 28.8 Å². The Hall–Kier alpha value is -1.06. The Morgan fingerprint density at radius 1 is 1.08 bits per heavy atom. The van der Waals surface area contributed by atoms with Gasteiger partial charge in [-0.25, -0.2) is 0 Å². The minimum atomic E-state index is -0.335. The van der Waals surface area contributed by atoms with E-state index in [1.54, 1.807) is 0 Å². The number of aliphatic hydroxyl groups is 1. The van der Waals surface area contributed by atoms with Crippen LogP contribution in [0.3, 0.4) is 0 Å². The Kier molecular flexibility index (Phi) is 3.69. The second kappa shape index (κ2) is 5.72. The van der Waals surface area contributed by atoms with Crippen molar-refractivity contribution in [2.75, 3.05) is 13.1 Å². The summed E-state index contributed by atoms with van der Waals surface area (Å²) in [6.45, 7) is 1.02. The van der Waals surface area contributed by atoms with Crippen LogP contribution in [0.1, 0.15) is 37.7 Å². The molecule has 134 valence electrons. The topological polar surface area (TPSA) is 40.5 Å². The molecule has 1 saturated heterocycles. The zero-order valence-electron chi connectivity index (χ0n) is 14.5. The predicted octanol–water partition coefficient (Wildman–Crippen LogP) is 3.53. The Balaban J connectivity index is 1.54. The molecule has 1 aromatic carbocycles. The number of amides is 1. The van der Waals surface area contributed by atoms with Crippen LogP contribution >= 0.6 is 11.6 Å². The number of benzene rings is 1. The molecule has 3 nitrogen and oxygen atoms in total. The zero-order valence-corrected chi connectivity index (χ0v) is 15.3. The van der Waals surface area contributed by atoms with Crippen LogP contribution < -0.4 is 0 Å². The first-order valence-electron chi connectivity index (χ1n) is 9.77. The third-order valence-electron chi connectivity index (χ3n) is 7.58. The molecule has 5 fully saturated rings. The molecular formula is C21H26ClNO2. The first-order valence-corrected chi connectivity index (χ1v) is 10.1. The maximum absolute atomic E-state index is 13.7. The summed E-state index contributed by atoms with van der Waals surface area (Å²) in [7, 11) is 0. The SMILES string of the molecule is O=C(N1CC(O)C1)C1(Cc2ccccc2Cl)C2CC3CC(C2)CC1C3. The van der Waals surface area contributed by atoms with E-state index < -0.39 is 0 Å². The molecule has 25 heavy (non-hydrogen) atoms. The van der Waals surface area contributed by atoms with Crippen LogP contribution in [0.4, 0.5) is 0 Å². The van der Waals surface area contributed by atoms with E-state index >= 15 is 0 Å². The summed E-state index contributed by atoms with van der Waals surface area (Å²) in [4.78, 5) is 15.6. The summed E-state index contributed by atoms with van der Waals surface area (Å²) in [6.07, 6.45) is 6.65. The molecule has 0 radical (unpaired) electrons. The lowest BCUT2D eigenvalue weighted by molar-refractivity contribution is -0.179. The molecule has 4 bridgehead atoms. The number of aliphatic hydroxyl groups excluding tert-OH is 1. The lowest BCUT2D eigenvalue weighted by Crippen LogP contribution is -2.65. The van der Waals surface area contributed by atoms with Gasteiger partial charge in [0.1, 0.15) is 0 Å². The van der Waals surface area contributed by atoms with Crippen molar-refractivity contribution >= 4 is 17.5 Å². The Labute approximate surface area is 154 Å². The van der Waals surface area contributed by atoms with Crippen LogP contribution in [0.2, 0.25) is 5.02 Å². The average Bonchev–Trinajstić information content (AvgIpc) is 2.56. The second-order valence-corrected chi connectivity index (χ2v) is 9.38. The number of halogens is 1. The number of carbonyl (C=O) groups excluding carboxylic acids is 1. The number of hydrogen-bond donors (Lipinski definition) is 1. The summed E-state index contributed by atoms with van der Waals surface area (Å²) in [6, 6.07) is 8.03. The molecule has 4 saturated carbocycles. The first kappa shape index (κ1) is 16.1. The van der Waals surface area contributed by atoms with Crippen molar-refractivity contribution in [3.05, 3.63) is 34.9 Å². The summed E-state index contributed by atoms with van der Waals surface area (Å²) in [5.74, 6) is 2.94. The highest BCUT2D eigenvalue weighted by atomic mass is 35.5. The molecule has 4 aliphatic carbocycles. The number of hydrogen-bond acceptors (Lipinski definition) is 2. The van der Waals surface area contributed by atoms with Crippen LogP contribution in [0.5, 0.6) is 0 Å². The standard InChI is InChI=1S/C21H26ClNO2/c22-19-4-2-1-3-15(19)10-21(20(25)23-11-18(24)12-23)16-6-13-5-14(8-16)9-17(21)7-13/h1-4,13-14,16-18,24H,5-12H2. The normalized spacial score (nSPS) is 39.5. The summed E-state index contributed by atoms with van der Waals surface area (Å²) >= 11 is 6.49. The molecule has 1 N–H and O–H groups in total. The predicted molar refractivity (Wildman–Crippen MR) is 97.2 cm³/mol. The molecule has 0 atom stereocenters. The smallest absolute Gasteiger partial charge is 0.229 e. The molecule has 1 aliphatic heterocycles. The second-order valence-electron chi connectivity index (χ2n) is 8.98. The van der Waals surface area contributed by atoms with E-state index in [1.807, 2.05) is 23.1 Å². The number of β-amino-alcohol motifs (C(OH)–C–C–N with tert-alkyl or cyclic N) is 1. The van der Waals surface area contributed by atoms with Gasteiger partial charge in [-0.3, -0.25) is 4.79 Å². The van der Waals surface area contributed by atoms with E-state index in [1.165, 1.54) is 32.1 Å². The van der Waals surface area contributed by atoms with Crippen molar-refractivity contribution in [3.8, 4) is 0 Å². The molecule has 0 spiro atoms. The Morgan fingerprint density at radius 3 is 2.24 bits per heavy atom. The van der Waals surface area contributed by atoms with E-state index in [9.17, 15) is 9.90 Å². The molecule has 1 heterocycles. The molecule has 0 unspecified atom stereocenters. The highest BCUT2D eigenvalue weighted by Gasteiger charge is 2.62. The molecule has 0 aromatic heterocycles. The highest BCUT2D eigenvalue weighted by Crippen LogP contribution is 2.64. The van der Waals surface area contributed by atoms with Crippen LogP contribution in [0.25, 0.3) is 0 Å². The van der Waals surface area contributed by atoms with Gasteiger partial charge in [0, 0.05) is 18.1 Å². The maximum Gasteiger partial charge on any atom is 0.229 e. The van der Waals surface area contributed by atoms with E-state index in [-0.39, 0.29) is 11.5 Å². The van der Waals surface area contributed by atoms with Gasteiger partial charge in [-0.2, -0.15) is 0 Å². The summed E-state index contributed by atoms with van der Waals surface area (Å²) in [5.41, 5.74) is 0.824. The number of carbonyl (C=O) groups is 1. The fourth-order valence-corrected chi connectivity index (χ4v) is 6.81. The monoisotopic (exact) mass is 359 g/mol. The molecule has 1 amide bonds. The van der Waals surface area contributed by atoms with E-state index in [4.69, 9.17) is 11.6 Å². The number of rotatable bonds is 3. The largest absolute Gasteiger partial charge is 0.389 e. The van der Waals surface area contributed by atoms with E-state index in [2.05, 4.69) is 6.07 Å². The quantitative estimate of drug-likeness (QED) is 0.896. The van der Waals surface area contributed by atoms with Crippen molar-refractivity contribution in [3.63, 3.8) is 0 Å².